The summed E-state index contributed by atoms with van der Waals surface area (Å²) in [5.74, 6) is 1.24. The van der Waals surface area contributed by atoms with Gasteiger partial charge in [-0.15, -0.1) is 0 Å². The molecule has 1 saturated carbocycles. The van der Waals surface area contributed by atoms with Crippen molar-refractivity contribution in [2.24, 2.45) is 5.92 Å². The summed E-state index contributed by atoms with van der Waals surface area (Å²) in [4.78, 5) is 23.7. The number of aryl methyl sites for hydroxylation is 1. The highest BCUT2D eigenvalue weighted by atomic mass is 16.5. The molecule has 1 N–H and O–H groups in total. The molecule has 4 nitrogen and oxygen atoms in total. The monoisotopic (exact) mass is 393 g/mol. The van der Waals surface area contributed by atoms with E-state index in [2.05, 4.69) is 17.4 Å². The second-order valence-electron chi connectivity index (χ2n) is 7.99. The van der Waals surface area contributed by atoms with Gasteiger partial charge >= 0.3 is 0 Å². The lowest BCUT2D eigenvalue weighted by Gasteiger charge is -2.31. The summed E-state index contributed by atoms with van der Waals surface area (Å²) in [6.07, 6.45) is 7.34. The molecule has 0 aromatic heterocycles. The molecule has 0 saturated heterocycles. The number of rotatable bonds is 9. The number of ether oxygens (including phenoxy) is 1. The molecule has 1 amide bonds. The Hall–Kier alpha value is -2.62. The van der Waals surface area contributed by atoms with Gasteiger partial charge in [0.2, 0.25) is 0 Å². The number of carbonyl (C=O) groups is 2. The summed E-state index contributed by atoms with van der Waals surface area (Å²) < 4.78 is 5.69. The van der Waals surface area contributed by atoms with Gasteiger partial charge in [-0.3, -0.25) is 4.79 Å². The smallest absolute Gasteiger partial charge is 0.258 e. The SMILES string of the molecule is CC(=O)CCc1ccc(OCC(=O)NC(c2ccccc2)C2CCCCC2)cc1. The van der Waals surface area contributed by atoms with Gasteiger partial charge in [0.25, 0.3) is 5.91 Å². The first-order chi connectivity index (χ1) is 14.1. The topological polar surface area (TPSA) is 55.4 Å². The molecule has 1 aliphatic rings. The van der Waals surface area contributed by atoms with E-state index in [1.54, 1.807) is 6.92 Å². The minimum Gasteiger partial charge on any atom is -0.484 e. The van der Waals surface area contributed by atoms with Crippen LogP contribution in [0.15, 0.2) is 54.6 Å². The molecule has 0 heterocycles. The maximum absolute atomic E-state index is 12.6. The molecular formula is C25H31NO3. The van der Waals surface area contributed by atoms with Crippen molar-refractivity contribution in [3.05, 3.63) is 65.7 Å². The Morgan fingerprint density at radius 1 is 1.00 bits per heavy atom. The van der Waals surface area contributed by atoms with E-state index in [1.807, 2.05) is 42.5 Å². The summed E-state index contributed by atoms with van der Waals surface area (Å²) in [6, 6.07) is 17.9. The van der Waals surface area contributed by atoms with Crippen LogP contribution < -0.4 is 10.1 Å². The molecular weight excluding hydrogens is 362 g/mol. The Morgan fingerprint density at radius 3 is 2.34 bits per heavy atom. The van der Waals surface area contributed by atoms with Crippen LogP contribution in [0.1, 0.15) is 62.6 Å². The van der Waals surface area contributed by atoms with E-state index in [0.717, 1.165) is 24.8 Å². The van der Waals surface area contributed by atoms with E-state index >= 15 is 0 Å². The highest BCUT2D eigenvalue weighted by Crippen LogP contribution is 2.34. The second-order valence-corrected chi connectivity index (χ2v) is 7.99. The average Bonchev–Trinajstić information content (AvgIpc) is 2.76. The zero-order valence-electron chi connectivity index (χ0n) is 17.2. The number of amides is 1. The van der Waals surface area contributed by atoms with E-state index in [4.69, 9.17) is 4.74 Å². The van der Waals surface area contributed by atoms with Crippen LogP contribution in [0.3, 0.4) is 0 Å². The molecule has 154 valence electrons. The summed E-state index contributed by atoms with van der Waals surface area (Å²) in [7, 11) is 0. The van der Waals surface area contributed by atoms with E-state index in [-0.39, 0.29) is 24.3 Å². The van der Waals surface area contributed by atoms with Crippen molar-refractivity contribution in [1.82, 2.24) is 5.32 Å². The van der Waals surface area contributed by atoms with Gasteiger partial charge in [0.1, 0.15) is 11.5 Å². The molecule has 0 bridgehead atoms. The van der Waals surface area contributed by atoms with Gasteiger partial charge in [-0.25, -0.2) is 0 Å². The Morgan fingerprint density at radius 2 is 1.69 bits per heavy atom. The molecule has 4 heteroatoms. The second kappa shape index (κ2) is 10.8. The quantitative estimate of drug-likeness (QED) is 0.650. The third-order valence-electron chi connectivity index (χ3n) is 5.66. The molecule has 29 heavy (non-hydrogen) atoms. The first kappa shape index (κ1) is 21.1. The molecule has 0 spiro atoms. The number of benzene rings is 2. The fourth-order valence-corrected chi connectivity index (χ4v) is 4.04. The van der Waals surface area contributed by atoms with Crippen molar-refractivity contribution >= 4 is 11.7 Å². The fourth-order valence-electron chi connectivity index (χ4n) is 4.04. The minimum atomic E-state index is -0.0925. The lowest BCUT2D eigenvalue weighted by molar-refractivity contribution is -0.124. The van der Waals surface area contributed by atoms with Crippen molar-refractivity contribution in [2.75, 3.05) is 6.61 Å². The fraction of sp³-hybridized carbons (Fsp3) is 0.440. The van der Waals surface area contributed by atoms with Crippen LogP contribution in [0.2, 0.25) is 0 Å². The van der Waals surface area contributed by atoms with E-state index in [9.17, 15) is 9.59 Å². The summed E-state index contributed by atoms with van der Waals surface area (Å²) in [5.41, 5.74) is 2.26. The molecule has 3 rings (SSSR count). The number of nitrogens with one attached hydrogen (secondary N) is 1. The van der Waals surface area contributed by atoms with Crippen molar-refractivity contribution in [3.8, 4) is 5.75 Å². The van der Waals surface area contributed by atoms with Crippen LogP contribution >= 0.6 is 0 Å². The van der Waals surface area contributed by atoms with Crippen LogP contribution in [0, 0.1) is 5.92 Å². The lowest BCUT2D eigenvalue weighted by atomic mass is 9.81. The molecule has 1 unspecified atom stereocenters. The lowest BCUT2D eigenvalue weighted by Crippen LogP contribution is -2.37. The average molecular weight is 394 g/mol. The Labute approximate surface area is 173 Å². The van der Waals surface area contributed by atoms with Gasteiger partial charge in [0.15, 0.2) is 6.61 Å². The normalized spacial score (nSPS) is 15.5. The maximum atomic E-state index is 12.6. The predicted molar refractivity (Wildman–Crippen MR) is 115 cm³/mol. The number of carbonyl (C=O) groups excluding carboxylic acids is 2. The molecule has 1 atom stereocenters. The zero-order chi connectivity index (χ0) is 20.5. The first-order valence-corrected chi connectivity index (χ1v) is 10.7. The van der Waals surface area contributed by atoms with Gasteiger partial charge in [-0.2, -0.15) is 0 Å². The van der Waals surface area contributed by atoms with Crippen LogP contribution in [-0.4, -0.2) is 18.3 Å². The van der Waals surface area contributed by atoms with Crippen LogP contribution in [0.4, 0.5) is 0 Å². The van der Waals surface area contributed by atoms with E-state index in [0.29, 0.717) is 18.1 Å². The van der Waals surface area contributed by atoms with Crippen LogP contribution in [0.5, 0.6) is 5.75 Å². The maximum Gasteiger partial charge on any atom is 0.258 e. The molecule has 1 aliphatic carbocycles. The molecule has 1 fully saturated rings. The number of Topliss-reactive ketones (excluding diaryl/α,β-unsaturated/α-hetero) is 1. The van der Waals surface area contributed by atoms with Gasteiger partial charge in [0, 0.05) is 6.42 Å². The van der Waals surface area contributed by atoms with Gasteiger partial charge in [0.05, 0.1) is 6.04 Å². The highest BCUT2D eigenvalue weighted by molar-refractivity contribution is 5.78. The Bertz CT molecular complexity index is 779. The zero-order valence-corrected chi connectivity index (χ0v) is 17.2. The third-order valence-corrected chi connectivity index (χ3v) is 5.66. The standard InChI is InChI=1S/C25H31NO3/c1-19(27)12-13-20-14-16-23(17-15-20)29-18-24(28)26-25(21-8-4-2-5-9-21)22-10-6-3-7-11-22/h2,4-5,8-9,14-17,22,25H,3,6-7,10-13,18H2,1H3,(H,26,28). The molecule has 2 aromatic carbocycles. The van der Waals surface area contributed by atoms with E-state index in [1.165, 1.54) is 24.8 Å². The number of hydrogen-bond donors (Lipinski definition) is 1. The molecule has 0 radical (unpaired) electrons. The molecule has 2 aromatic rings. The van der Waals surface area contributed by atoms with Gasteiger partial charge in [-0.05, 0) is 55.4 Å². The summed E-state index contributed by atoms with van der Waals surface area (Å²) >= 11 is 0. The van der Waals surface area contributed by atoms with Crippen molar-refractivity contribution in [3.63, 3.8) is 0 Å². The van der Waals surface area contributed by atoms with Crippen LogP contribution in [-0.2, 0) is 16.0 Å². The largest absolute Gasteiger partial charge is 0.484 e. The van der Waals surface area contributed by atoms with Crippen molar-refractivity contribution in [1.29, 1.82) is 0 Å². The van der Waals surface area contributed by atoms with E-state index < -0.39 is 0 Å². The Balaban J connectivity index is 1.55. The highest BCUT2D eigenvalue weighted by Gasteiger charge is 2.26. The molecule has 0 aliphatic heterocycles. The van der Waals surface area contributed by atoms with Crippen LogP contribution in [0.25, 0.3) is 0 Å². The minimum absolute atomic E-state index is 0.00282. The summed E-state index contributed by atoms with van der Waals surface area (Å²) in [5, 5.41) is 3.22. The van der Waals surface area contributed by atoms with Gasteiger partial charge < -0.3 is 14.8 Å². The van der Waals surface area contributed by atoms with Crippen molar-refractivity contribution in [2.45, 2.75) is 57.9 Å². The number of hydrogen-bond acceptors (Lipinski definition) is 3. The summed E-state index contributed by atoms with van der Waals surface area (Å²) in [6.45, 7) is 1.61. The predicted octanol–water partition coefficient (Wildman–Crippen LogP) is 5.02. The van der Waals surface area contributed by atoms with Gasteiger partial charge in [-0.1, -0.05) is 61.7 Å². The number of ketones is 1. The van der Waals surface area contributed by atoms with Crippen molar-refractivity contribution < 1.29 is 14.3 Å². The third kappa shape index (κ3) is 6.74. The first-order valence-electron chi connectivity index (χ1n) is 10.7. The Kier molecular flexibility index (Phi) is 7.85.